The SMILES string of the molecule is Cc1cnnc(-n2c(=O)c3sc(-c4ccccc4C#N)cc3n(CCC#N)c2=O)c1. The third-order valence-corrected chi connectivity index (χ3v) is 5.74. The number of nitrogens with zero attached hydrogens (tertiary/aromatic N) is 6. The highest BCUT2D eigenvalue weighted by Gasteiger charge is 2.19. The first-order valence-electron chi connectivity index (χ1n) is 9.00. The summed E-state index contributed by atoms with van der Waals surface area (Å²) in [7, 11) is 0. The van der Waals surface area contributed by atoms with Crippen molar-refractivity contribution in [3.05, 3.63) is 74.6 Å². The molecule has 1 aromatic carbocycles. The maximum Gasteiger partial charge on any atom is 0.337 e. The predicted molar refractivity (Wildman–Crippen MR) is 112 cm³/mol. The number of aromatic nitrogens is 4. The number of hydrogen-bond donors (Lipinski definition) is 0. The minimum atomic E-state index is -0.583. The minimum absolute atomic E-state index is 0.104. The van der Waals surface area contributed by atoms with Crippen molar-refractivity contribution in [1.29, 1.82) is 10.5 Å². The first-order chi connectivity index (χ1) is 14.5. The molecular formula is C21H14N6O2S. The summed E-state index contributed by atoms with van der Waals surface area (Å²) in [5.74, 6) is 0.130. The Bertz CT molecular complexity index is 1480. The molecule has 0 fully saturated rings. The van der Waals surface area contributed by atoms with Gasteiger partial charge in [-0.15, -0.1) is 16.4 Å². The molecule has 0 bridgehead atoms. The van der Waals surface area contributed by atoms with E-state index in [1.807, 2.05) is 12.1 Å². The highest BCUT2D eigenvalue weighted by molar-refractivity contribution is 7.22. The molecule has 3 aromatic heterocycles. The topological polar surface area (TPSA) is 117 Å². The third-order valence-electron chi connectivity index (χ3n) is 4.59. The molecule has 0 spiro atoms. The molecule has 3 heterocycles. The smallest absolute Gasteiger partial charge is 0.291 e. The van der Waals surface area contributed by atoms with Crippen LogP contribution >= 0.6 is 11.3 Å². The lowest BCUT2D eigenvalue weighted by Gasteiger charge is -2.10. The van der Waals surface area contributed by atoms with Crippen LogP contribution in [-0.4, -0.2) is 19.3 Å². The van der Waals surface area contributed by atoms with E-state index in [-0.39, 0.29) is 18.8 Å². The largest absolute Gasteiger partial charge is 0.337 e. The molecule has 0 N–H and O–H groups in total. The van der Waals surface area contributed by atoms with Crippen LogP contribution in [0.1, 0.15) is 17.5 Å². The molecule has 30 heavy (non-hydrogen) atoms. The second kappa shape index (κ2) is 7.74. The first kappa shape index (κ1) is 19.2. The van der Waals surface area contributed by atoms with Gasteiger partial charge in [0.1, 0.15) is 4.70 Å². The number of rotatable bonds is 4. The van der Waals surface area contributed by atoms with Crippen LogP contribution in [0, 0.1) is 29.6 Å². The van der Waals surface area contributed by atoms with Gasteiger partial charge in [-0.05, 0) is 30.7 Å². The van der Waals surface area contributed by atoms with Crippen molar-refractivity contribution in [3.8, 4) is 28.4 Å². The van der Waals surface area contributed by atoms with Crippen LogP contribution in [-0.2, 0) is 6.54 Å². The molecule has 9 heteroatoms. The van der Waals surface area contributed by atoms with Crippen molar-refractivity contribution in [2.24, 2.45) is 0 Å². The zero-order valence-electron chi connectivity index (χ0n) is 15.9. The normalized spacial score (nSPS) is 10.6. The Kier molecular flexibility index (Phi) is 4.97. The summed E-state index contributed by atoms with van der Waals surface area (Å²) < 4.78 is 2.73. The monoisotopic (exact) mass is 414 g/mol. The molecule has 0 saturated heterocycles. The zero-order valence-corrected chi connectivity index (χ0v) is 16.7. The maximum absolute atomic E-state index is 13.2. The second-order valence-electron chi connectivity index (χ2n) is 6.56. The van der Waals surface area contributed by atoms with Crippen LogP contribution in [0.5, 0.6) is 0 Å². The van der Waals surface area contributed by atoms with Gasteiger partial charge < -0.3 is 0 Å². The molecule has 0 aliphatic carbocycles. The Labute approximate surface area is 174 Å². The highest BCUT2D eigenvalue weighted by atomic mass is 32.1. The van der Waals surface area contributed by atoms with E-state index < -0.39 is 11.2 Å². The molecule has 0 saturated carbocycles. The van der Waals surface area contributed by atoms with Crippen molar-refractivity contribution in [1.82, 2.24) is 19.3 Å². The maximum atomic E-state index is 13.2. The van der Waals surface area contributed by atoms with Crippen molar-refractivity contribution in [2.75, 3.05) is 0 Å². The van der Waals surface area contributed by atoms with E-state index in [0.717, 1.165) is 10.1 Å². The van der Waals surface area contributed by atoms with E-state index in [1.54, 1.807) is 37.3 Å². The van der Waals surface area contributed by atoms with Crippen molar-refractivity contribution < 1.29 is 0 Å². The van der Waals surface area contributed by atoms with Gasteiger partial charge in [-0.3, -0.25) is 9.36 Å². The van der Waals surface area contributed by atoms with Crippen LogP contribution in [0.25, 0.3) is 26.5 Å². The average Bonchev–Trinajstić information content (AvgIpc) is 3.19. The molecule has 146 valence electrons. The van der Waals surface area contributed by atoms with Gasteiger partial charge in [0.05, 0.1) is 35.8 Å². The highest BCUT2D eigenvalue weighted by Crippen LogP contribution is 2.33. The van der Waals surface area contributed by atoms with Crippen LogP contribution < -0.4 is 11.2 Å². The fourth-order valence-corrected chi connectivity index (χ4v) is 4.34. The van der Waals surface area contributed by atoms with E-state index in [9.17, 15) is 14.9 Å². The lowest BCUT2D eigenvalue weighted by atomic mass is 10.1. The number of nitriles is 2. The number of thiophene rings is 1. The van der Waals surface area contributed by atoms with Crippen LogP contribution in [0.2, 0.25) is 0 Å². The zero-order chi connectivity index (χ0) is 21.3. The molecule has 4 aromatic rings. The molecule has 0 aliphatic rings. The van der Waals surface area contributed by atoms with Crippen molar-refractivity contribution in [3.63, 3.8) is 0 Å². The summed E-state index contributed by atoms with van der Waals surface area (Å²) in [6.45, 7) is 1.92. The summed E-state index contributed by atoms with van der Waals surface area (Å²) in [4.78, 5) is 27.1. The molecular weight excluding hydrogens is 400 g/mol. The minimum Gasteiger partial charge on any atom is -0.291 e. The third kappa shape index (κ3) is 3.17. The van der Waals surface area contributed by atoms with E-state index in [1.165, 1.54) is 22.1 Å². The standard InChI is InChI=1S/C21H14N6O2S/c1-13-9-18(25-24-12-13)27-20(28)19-16(26(21(27)29)8-4-7-22)10-17(30-19)15-6-3-2-5-14(15)11-23/h2-3,5-6,9-10,12H,4,8H2,1H3. The molecule has 0 unspecified atom stereocenters. The Hall–Kier alpha value is -4.08. The molecule has 0 radical (unpaired) electrons. The van der Waals surface area contributed by atoms with Gasteiger partial charge in [-0.25, -0.2) is 9.36 Å². The number of fused-ring (bicyclic) bond motifs is 1. The molecule has 8 nitrogen and oxygen atoms in total. The Morgan fingerprint density at radius 2 is 1.97 bits per heavy atom. The Morgan fingerprint density at radius 3 is 2.70 bits per heavy atom. The van der Waals surface area contributed by atoms with Gasteiger partial charge in [-0.1, -0.05) is 18.2 Å². The number of hydrogen-bond acceptors (Lipinski definition) is 7. The quantitative estimate of drug-likeness (QED) is 0.507. The van der Waals surface area contributed by atoms with E-state index in [4.69, 9.17) is 5.26 Å². The van der Waals surface area contributed by atoms with Crippen molar-refractivity contribution in [2.45, 2.75) is 19.9 Å². The lowest BCUT2D eigenvalue weighted by Crippen LogP contribution is -2.39. The number of aryl methyl sites for hydroxylation is 2. The van der Waals surface area contributed by atoms with Crippen molar-refractivity contribution >= 4 is 21.6 Å². The van der Waals surface area contributed by atoms with Crippen LogP contribution in [0.3, 0.4) is 0 Å². The van der Waals surface area contributed by atoms with E-state index in [0.29, 0.717) is 26.2 Å². The Morgan fingerprint density at radius 1 is 1.17 bits per heavy atom. The fraction of sp³-hybridized carbons (Fsp3) is 0.143. The number of benzene rings is 1. The molecule has 4 rings (SSSR count). The van der Waals surface area contributed by atoms with Gasteiger partial charge in [0.15, 0.2) is 5.82 Å². The van der Waals surface area contributed by atoms with Gasteiger partial charge in [0.25, 0.3) is 5.56 Å². The van der Waals surface area contributed by atoms with Crippen LogP contribution in [0.15, 0.2) is 52.2 Å². The van der Waals surface area contributed by atoms with Gasteiger partial charge >= 0.3 is 5.69 Å². The molecule has 0 aliphatic heterocycles. The summed E-state index contributed by atoms with van der Waals surface area (Å²) in [5, 5.41) is 26.3. The fourth-order valence-electron chi connectivity index (χ4n) is 3.21. The lowest BCUT2D eigenvalue weighted by molar-refractivity contribution is 0.655. The Balaban J connectivity index is 2.07. The second-order valence-corrected chi connectivity index (χ2v) is 7.61. The van der Waals surface area contributed by atoms with Gasteiger partial charge in [0, 0.05) is 17.0 Å². The van der Waals surface area contributed by atoms with Crippen LogP contribution in [0.4, 0.5) is 0 Å². The van der Waals surface area contributed by atoms with Gasteiger partial charge in [-0.2, -0.15) is 15.6 Å². The molecule has 0 amide bonds. The van der Waals surface area contributed by atoms with E-state index in [2.05, 4.69) is 16.3 Å². The predicted octanol–water partition coefficient (Wildman–Crippen LogP) is 2.76. The summed E-state index contributed by atoms with van der Waals surface area (Å²) >= 11 is 1.20. The average molecular weight is 414 g/mol. The first-order valence-corrected chi connectivity index (χ1v) is 9.82. The summed E-state index contributed by atoms with van der Waals surface area (Å²) in [6, 6.07) is 14.6. The van der Waals surface area contributed by atoms with Gasteiger partial charge in [0.2, 0.25) is 0 Å². The summed E-state index contributed by atoms with van der Waals surface area (Å²) in [5.41, 5.74) is 1.26. The summed E-state index contributed by atoms with van der Waals surface area (Å²) in [6.07, 6.45) is 1.63. The molecule has 0 atom stereocenters. The van der Waals surface area contributed by atoms with E-state index >= 15 is 0 Å².